The molecule has 0 radical (unpaired) electrons. The maximum atomic E-state index is 12.7. The Kier molecular flexibility index (Phi) is 3.67. The topological polar surface area (TPSA) is 34.1 Å². The van der Waals surface area contributed by atoms with Gasteiger partial charge in [-0.15, -0.1) is 0 Å². The molecule has 0 amide bonds. The van der Waals surface area contributed by atoms with Gasteiger partial charge in [0.05, 0.1) is 0 Å². The number of hydrogen-bond acceptors (Lipinski definition) is 2. The van der Waals surface area contributed by atoms with E-state index in [1.54, 1.807) is 0 Å². The van der Waals surface area contributed by atoms with Crippen molar-refractivity contribution in [3.63, 3.8) is 0 Å². The fourth-order valence-corrected chi connectivity index (χ4v) is 6.78. The van der Waals surface area contributed by atoms with Crippen LogP contribution in [0.5, 0.6) is 0 Å². The number of rotatable bonds is 1. The molecular formula is C25H28O2. The number of Topliss-reactive ketones (excluding diaryl/α,β-unsaturated/α-hetero) is 1. The Balaban J connectivity index is 1.70. The molecule has 0 heterocycles. The minimum Gasteiger partial charge on any atom is -0.299 e. The van der Waals surface area contributed by atoms with Crippen LogP contribution in [-0.4, -0.2) is 11.6 Å². The summed E-state index contributed by atoms with van der Waals surface area (Å²) >= 11 is 0. The zero-order valence-electron chi connectivity index (χ0n) is 16.3. The van der Waals surface area contributed by atoms with E-state index in [1.807, 2.05) is 12.1 Å². The van der Waals surface area contributed by atoms with E-state index >= 15 is 0 Å². The molecule has 4 aliphatic rings. The van der Waals surface area contributed by atoms with Crippen molar-refractivity contribution in [2.24, 2.45) is 28.6 Å². The largest absolute Gasteiger partial charge is 0.299 e. The number of ketones is 2. The van der Waals surface area contributed by atoms with Crippen LogP contribution in [0.25, 0.3) is 5.57 Å². The molecule has 5 atom stereocenters. The molecule has 2 saturated carbocycles. The summed E-state index contributed by atoms with van der Waals surface area (Å²) in [5.41, 5.74) is 3.61. The Hall–Kier alpha value is -1.96. The Labute approximate surface area is 161 Å². The molecule has 0 N–H and O–H groups in total. The lowest BCUT2D eigenvalue weighted by Gasteiger charge is -2.55. The van der Waals surface area contributed by atoms with Gasteiger partial charge in [-0.05, 0) is 71.6 Å². The van der Waals surface area contributed by atoms with E-state index < -0.39 is 0 Å². The third-order valence-corrected chi connectivity index (χ3v) is 8.41. The number of hydrogen-bond donors (Lipinski definition) is 0. The van der Waals surface area contributed by atoms with E-state index in [-0.39, 0.29) is 16.6 Å². The van der Waals surface area contributed by atoms with Crippen molar-refractivity contribution in [1.82, 2.24) is 0 Å². The van der Waals surface area contributed by atoms with Crippen LogP contribution in [0.2, 0.25) is 0 Å². The molecule has 2 heteroatoms. The number of fused-ring (bicyclic) bond motifs is 5. The van der Waals surface area contributed by atoms with Gasteiger partial charge in [-0.1, -0.05) is 50.3 Å². The SMILES string of the molecule is C[C@]12CCC(=O)C=C1C(c1ccccc1)=C[C@@H]1[C@@H]2CC[C@]2(C)C(=O)CC[C@@H]12. The molecule has 4 aliphatic carbocycles. The van der Waals surface area contributed by atoms with Crippen LogP contribution in [-0.2, 0) is 9.59 Å². The minimum atomic E-state index is -0.137. The molecule has 2 fully saturated rings. The van der Waals surface area contributed by atoms with Gasteiger partial charge in [-0.2, -0.15) is 0 Å². The van der Waals surface area contributed by atoms with Gasteiger partial charge in [0.25, 0.3) is 0 Å². The molecule has 0 spiro atoms. The van der Waals surface area contributed by atoms with Gasteiger partial charge >= 0.3 is 0 Å². The molecule has 0 unspecified atom stereocenters. The van der Waals surface area contributed by atoms with Crippen LogP contribution in [0.3, 0.4) is 0 Å². The Morgan fingerprint density at radius 1 is 0.889 bits per heavy atom. The maximum Gasteiger partial charge on any atom is 0.156 e. The third-order valence-electron chi connectivity index (χ3n) is 8.41. The van der Waals surface area contributed by atoms with Crippen LogP contribution in [0, 0.1) is 28.6 Å². The first-order valence-corrected chi connectivity index (χ1v) is 10.5. The number of allylic oxidation sites excluding steroid dienone is 4. The molecule has 5 rings (SSSR count). The van der Waals surface area contributed by atoms with Crippen molar-refractivity contribution < 1.29 is 9.59 Å². The lowest BCUT2D eigenvalue weighted by atomic mass is 9.48. The maximum absolute atomic E-state index is 12.7. The summed E-state index contributed by atoms with van der Waals surface area (Å²) < 4.78 is 0. The average Bonchev–Trinajstić information content (AvgIpc) is 2.98. The van der Waals surface area contributed by atoms with Gasteiger partial charge < -0.3 is 0 Å². The molecular weight excluding hydrogens is 332 g/mol. The van der Waals surface area contributed by atoms with E-state index in [0.29, 0.717) is 30.0 Å². The van der Waals surface area contributed by atoms with Crippen LogP contribution >= 0.6 is 0 Å². The van der Waals surface area contributed by atoms with E-state index in [4.69, 9.17) is 0 Å². The predicted octanol–water partition coefficient (Wildman–Crippen LogP) is 5.39. The standard InChI is InChI=1S/C25H28O2/c1-24-12-10-17(26)14-22(24)18(16-6-4-3-5-7-16)15-19-20-8-9-23(27)25(20,2)13-11-21(19)24/h3-7,14-15,19-21H,8-13H2,1-2H3/t19-,20-,21-,24+,25-/m0/s1. The second-order valence-electron chi connectivity index (χ2n) is 9.60. The monoisotopic (exact) mass is 360 g/mol. The Morgan fingerprint density at radius 2 is 1.63 bits per heavy atom. The van der Waals surface area contributed by atoms with Gasteiger partial charge in [0, 0.05) is 18.3 Å². The van der Waals surface area contributed by atoms with E-state index in [9.17, 15) is 9.59 Å². The molecule has 140 valence electrons. The number of carbonyl (C=O) groups is 2. The molecule has 1 aromatic carbocycles. The molecule has 0 aliphatic heterocycles. The van der Waals surface area contributed by atoms with Gasteiger partial charge in [-0.25, -0.2) is 0 Å². The van der Waals surface area contributed by atoms with E-state index in [0.717, 1.165) is 32.1 Å². The summed E-state index contributed by atoms with van der Waals surface area (Å²) in [7, 11) is 0. The third kappa shape index (κ3) is 2.31. The lowest BCUT2D eigenvalue weighted by Crippen LogP contribution is -2.49. The molecule has 0 bridgehead atoms. The Bertz CT molecular complexity index is 877. The summed E-state index contributed by atoms with van der Waals surface area (Å²) in [4.78, 5) is 25.0. The second kappa shape index (κ2) is 5.77. The van der Waals surface area contributed by atoms with E-state index in [2.05, 4.69) is 44.2 Å². The molecule has 0 aromatic heterocycles. The van der Waals surface area contributed by atoms with Crippen LogP contribution in [0.15, 0.2) is 48.1 Å². The smallest absolute Gasteiger partial charge is 0.156 e. The summed E-state index contributed by atoms with van der Waals surface area (Å²) in [6.45, 7) is 4.61. The first-order chi connectivity index (χ1) is 12.9. The predicted molar refractivity (Wildman–Crippen MR) is 107 cm³/mol. The van der Waals surface area contributed by atoms with Crippen LogP contribution in [0.1, 0.15) is 57.9 Å². The van der Waals surface area contributed by atoms with Gasteiger partial charge in [0.1, 0.15) is 5.78 Å². The number of benzene rings is 1. The highest BCUT2D eigenvalue weighted by molar-refractivity contribution is 5.98. The molecule has 2 nitrogen and oxygen atoms in total. The first-order valence-electron chi connectivity index (χ1n) is 10.5. The molecule has 27 heavy (non-hydrogen) atoms. The summed E-state index contributed by atoms with van der Waals surface area (Å²) in [6.07, 6.45) is 9.89. The van der Waals surface area contributed by atoms with Crippen LogP contribution in [0.4, 0.5) is 0 Å². The zero-order valence-corrected chi connectivity index (χ0v) is 16.3. The highest BCUT2D eigenvalue weighted by Gasteiger charge is 2.58. The van der Waals surface area contributed by atoms with Crippen molar-refractivity contribution in [3.05, 3.63) is 53.6 Å². The average molecular weight is 360 g/mol. The highest BCUT2D eigenvalue weighted by atomic mass is 16.1. The van der Waals surface area contributed by atoms with Gasteiger partial charge in [-0.3, -0.25) is 9.59 Å². The second-order valence-corrected chi connectivity index (χ2v) is 9.60. The van der Waals surface area contributed by atoms with Crippen LogP contribution < -0.4 is 0 Å². The fourth-order valence-electron chi connectivity index (χ4n) is 6.78. The van der Waals surface area contributed by atoms with E-state index in [1.165, 1.54) is 16.7 Å². The zero-order chi connectivity index (χ0) is 18.8. The van der Waals surface area contributed by atoms with Crippen molar-refractivity contribution in [1.29, 1.82) is 0 Å². The highest BCUT2D eigenvalue weighted by Crippen LogP contribution is 2.64. The normalized spacial score (nSPS) is 40.6. The first kappa shape index (κ1) is 17.2. The Morgan fingerprint density at radius 3 is 2.41 bits per heavy atom. The lowest BCUT2D eigenvalue weighted by molar-refractivity contribution is -0.130. The van der Waals surface area contributed by atoms with Gasteiger partial charge in [0.15, 0.2) is 5.78 Å². The quantitative estimate of drug-likeness (QED) is 0.673. The fraction of sp³-hybridized carbons (Fsp3) is 0.520. The minimum absolute atomic E-state index is 0.0471. The van der Waals surface area contributed by atoms with Crippen molar-refractivity contribution in [2.45, 2.75) is 52.4 Å². The summed E-state index contributed by atoms with van der Waals surface area (Å²) in [5, 5.41) is 0. The number of carbonyl (C=O) groups excluding carboxylic acids is 2. The molecule has 1 aromatic rings. The van der Waals surface area contributed by atoms with Crippen molar-refractivity contribution in [2.75, 3.05) is 0 Å². The summed E-state index contributed by atoms with van der Waals surface area (Å²) in [6, 6.07) is 10.5. The molecule has 0 saturated heterocycles. The van der Waals surface area contributed by atoms with Crippen molar-refractivity contribution >= 4 is 17.1 Å². The summed E-state index contributed by atoms with van der Waals surface area (Å²) in [5.74, 6) is 2.19. The van der Waals surface area contributed by atoms with Crippen molar-refractivity contribution in [3.8, 4) is 0 Å². The van der Waals surface area contributed by atoms with Gasteiger partial charge in [0.2, 0.25) is 0 Å².